The number of hydrogen-bond donors (Lipinski definition) is 2. The van der Waals surface area contributed by atoms with Crippen LogP contribution in [0.15, 0.2) is 0 Å². The van der Waals surface area contributed by atoms with Crippen LogP contribution in [0.2, 0.25) is 0 Å². The van der Waals surface area contributed by atoms with Crippen LogP contribution < -0.4 is 5.73 Å². The van der Waals surface area contributed by atoms with E-state index >= 15 is 0 Å². The lowest BCUT2D eigenvalue weighted by Crippen LogP contribution is -2.61. The standard InChI is InChI=1S/C13H26N2O2/c1-10(2)11(6-7-14)4-5-12(16)15-8-13(3,17)9-15/h10-11,17H,4-9,14H2,1-3H3. The summed E-state index contributed by atoms with van der Waals surface area (Å²) in [4.78, 5) is 13.6. The molecule has 0 radical (unpaired) electrons. The summed E-state index contributed by atoms with van der Waals surface area (Å²) in [5.41, 5.74) is 4.92. The van der Waals surface area contributed by atoms with Crippen LogP contribution in [-0.2, 0) is 4.79 Å². The SMILES string of the molecule is CC(C)C(CCN)CCC(=O)N1CC(C)(O)C1. The zero-order valence-corrected chi connectivity index (χ0v) is 11.3. The van der Waals surface area contributed by atoms with Gasteiger partial charge in [0.15, 0.2) is 0 Å². The van der Waals surface area contributed by atoms with Crippen LogP contribution in [0.1, 0.15) is 40.0 Å². The fourth-order valence-electron chi connectivity index (χ4n) is 2.44. The first-order valence-electron chi connectivity index (χ1n) is 6.56. The number of nitrogens with zero attached hydrogens (tertiary/aromatic N) is 1. The van der Waals surface area contributed by atoms with Gasteiger partial charge in [-0.1, -0.05) is 13.8 Å². The molecular weight excluding hydrogens is 216 g/mol. The Morgan fingerprint density at radius 1 is 1.41 bits per heavy atom. The van der Waals surface area contributed by atoms with Gasteiger partial charge in [-0.3, -0.25) is 4.79 Å². The van der Waals surface area contributed by atoms with Gasteiger partial charge in [-0.2, -0.15) is 0 Å². The molecule has 0 aromatic carbocycles. The number of rotatable bonds is 6. The highest BCUT2D eigenvalue weighted by Crippen LogP contribution is 2.24. The number of carbonyl (C=O) groups excluding carboxylic acids is 1. The summed E-state index contributed by atoms with van der Waals surface area (Å²) in [7, 11) is 0. The van der Waals surface area contributed by atoms with E-state index in [2.05, 4.69) is 13.8 Å². The molecule has 1 saturated heterocycles. The van der Waals surface area contributed by atoms with Crippen LogP contribution >= 0.6 is 0 Å². The lowest BCUT2D eigenvalue weighted by molar-refractivity contribution is -0.152. The van der Waals surface area contributed by atoms with Gasteiger partial charge in [-0.25, -0.2) is 0 Å². The first-order valence-corrected chi connectivity index (χ1v) is 6.56. The normalized spacial score (nSPS) is 20.2. The van der Waals surface area contributed by atoms with Crippen molar-refractivity contribution in [1.82, 2.24) is 4.90 Å². The minimum Gasteiger partial charge on any atom is -0.386 e. The lowest BCUT2D eigenvalue weighted by Gasteiger charge is -2.44. The molecule has 4 heteroatoms. The quantitative estimate of drug-likeness (QED) is 0.729. The molecule has 1 atom stereocenters. The smallest absolute Gasteiger partial charge is 0.222 e. The maximum atomic E-state index is 11.8. The van der Waals surface area contributed by atoms with E-state index in [1.807, 2.05) is 0 Å². The zero-order chi connectivity index (χ0) is 13.1. The molecular formula is C13H26N2O2. The van der Waals surface area contributed by atoms with Gasteiger partial charge in [-0.05, 0) is 38.1 Å². The van der Waals surface area contributed by atoms with E-state index in [1.165, 1.54) is 0 Å². The Balaban J connectivity index is 2.27. The molecule has 0 aliphatic carbocycles. The first-order chi connectivity index (χ1) is 7.85. The number of β-amino-alcohol motifs (C(OH)–C–C–N with tert-alkyl or cyclic N) is 1. The van der Waals surface area contributed by atoms with Crippen LogP contribution in [0.3, 0.4) is 0 Å². The van der Waals surface area contributed by atoms with Crippen LogP contribution in [0, 0.1) is 11.8 Å². The summed E-state index contributed by atoms with van der Waals surface area (Å²) in [6.07, 6.45) is 2.48. The van der Waals surface area contributed by atoms with Crippen molar-refractivity contribution in [2.45, 2.75) is 45.6 Å². The molecule has 4 nitrogen and oxygen atoms in total. The Labute approximate surface area is 104 Å². The number of aliphatic hydroxyl groups is 1. The predicted molar refractivity (Wildman–Crippen MR) is 68.4 cm³/mol. The molecule has 0 spiro atoms. The highest BCUT2D eigenvalue weighted by molar-refractivity contribution is 5.77. The number of hydrogen-bond acceptors (Lipinski definition) is 3. The summed E-state index contributed by atoms with van der Waals surface area (Å²) in [5.74, 6) is 1.27. The number of amides is 1. The molecule has 0 bridgehead atoms. The number of likely N-dealkylation sites (tertiary alicyclic amines) is 1. The van der Waals surface area contributed by atoms with Crippen molar-refractivity contribution >= 4 is 5.91 Å². The van der Waals surface area contributed by atoms with E-state index in [0.29, 0.717) is 37.9 Å². The van der Waals surface area contributed by atoms with Gasteiger partial charge in [0.1, 0.15) is 0 Å². The molecule has 1 aliphatic rings. The van der Waals surface area contributed by atoms with Crippen molar-refractivity contribution in [3.05, 3.63) is 0 Å². The van der Waals surface area contributed by atoms with Gasteiger partial charge in [0, 0.05) is 6.42 Å². The van der Waals surface area contributed by atoms with Crippen LogP contribution in [0.25, 0.3) is 0 Å². The second kappa shape index (κ2) is 5.83. The van der Waals surface area contributed by atoms with E-state index in [1.54, 1.807) is 11.8 Å². The number of carbonyl (C=O) groups is 1. The maximum absolute atomic E-state index is 11.8. The second-order valence-electron chi connectivity index (χ2n) is 5.87. The van der Waals surface area contributed by atoms with Crippen molar-refractivity contribution in [3.8, 4) is 0 Å². The Morgan fingerprint density at radius 2 is 2.00 bits per heavy atom. The predicted octanol–water partition coefficient (Wildman–Crippen LogP) is 0.981. The van der Waals surface area contributed by atoms with Crippen LogP contribution in [0.5, 0.6) is 0 Å². The monoisotopic (exact) mass is 242 g/mol. The first kappa shape index (κ1) is 14.5. The summed E-state index contributed by atoms with van der Waals surface area (Å²) >= 11 is 0. The summed E-state index contributed by atoms with van der Waals surface area (Å²) < 4.78 is 0. The summed E-state index contributed by atoms with van der Waals surface area (Å²) in [5, 5.41) is 9.57. The molecule has 1 amide bonds. The highest BCUT2D eigenvalue weighted by Gasteiger charge is 2.39. The number of nitrogens with two attached hydrogens (primary N) is 1. The van der Waals surface area contributed by atoms with Gasteiger partial charge >= 0.3 is 0 Å². The lowest BCUT2D eigenvalue weighted by atomic mass is 9.87. The van der Waals surface area contributed by atoms with E-state index < -0.39 is 5.60 Å². The van der Waals surface area contributed by atoms with Crippen molar-refractivity contribution in [2.75, 3.05) is 19.6 Å². The maximum Gasteiger partial charge on any atom is 0.222 e. The molecule has 1 fully saturated rings. The average molecular weight is 242 g/mol. The van der Waals surface area contributed by atoms with E-state index in [4.69, 9.17) is 5.73 Å². The second-order valence-corrected chi connectivity index (χ2v) is 5.87. The van der Waals surface area contributed by atoms with Crippen LogP contribution in [0.4, 0.5) is 0 Å². The van der Waals surface area contributed by atoms with Gasteiger partial charge in [0.2, 0.25) is 5.91 Å². The Kier molecular flexibility index (Phi) is 4.95. The molecule has 0 aromatic heterocycles. The average Bonchev–Trinajstić information content (AvgIpc) is 2.19. The molecule has 1 heterocycles. The molecule has 100 valence electrons. The highest BCUT2D eigenvalue weighted by atomic mass is 16.3. The van der Waals surface area contributed by atoms with Crippen molar-refractivity contribution in [3.63, 3.8) is 0 Å². The molecule has 1 aliphatic heterocycles. The van der Waals surface area contributed by atoms with Crippen LogP contribution in [-0.4, -0.2) is 41.1 Å². The molecule has 0 saturated carbocycles. The molecule has 17 heavy (non-hydrogen) atoms. The van der Waals surface area contributed by atoms with Crippen molar-refractivity contribution < 1.29 is 9.90 Å². The Bertz CT molecular complexity index is 256. The van der Waals surface area contributed by atoms with Gasteiger partial charge < -0.3 is 15.7 Å². The molecule has 1 unspecified atom stereocenters. The zero-order valence-electron chi connectivity index (χ0n) is 11.3. The van der Waals surface area contributed by atoms with Gasteiger partial charge in [-0.15, -0.1) is 0 Å². The largest absolute Gasteiger partial charge is 0.386 e. The van der Waals surface area contributed by atoms with E-state index in [-0.39, 0.29) is 5.91 Å². The Morgan fingerprint density at radius 3 is 2.41 bits per heavy atom. The minimum absolute atomic E-state index is 0.166. The molecule has 3 N–H and O–H groups in total. The van der Waals surface area contributed by atoms with Gasteiger partial charge in [0.25, 0.3) is 0 Å². The van der Waals surface area contributed by atoms with Crippen molar-refractivity contribution in [2.24, 2.45) is 17.6 Å². The fraction of sp³-hybridized carbons (Fsp3) is 0.923. The van der Waals surface area contributed by atoms with E-state index in [9.17, 15) is 9.90 Å². The van der Waals surface area contributed by atoms with Gasteiger partial charge in [0.05, 0.1) is 18.7 Å². The third-order valence-electron chi connectivity index (χ3n) is 3.62. The molecule has 1 rings (SSSR count). The topological polar surface area (TPSA) is 66.6 Å². The van der Waals surface area contributed by atoms with Crippen molar-refractivity contribution in [1.29, 1.82) is 0 Å². The molecule has 0 aromatic rings. The van der Waals surface area contributed by atoms with E-state index in [0.717, 1.165) is 12.8 Å². The summed E-state index contributed by atoms with van der Waals surface area (Å²) in [6.45, 7) is 7.78. The fourth-order valence-corrected chi connectivity index (χ4v) is 2.44. The third-order valence-corrected chi connectivity index (χ3v) is 3.62. The minimum atomic E-state index is -0.662. The Hall–Kier alpha value is -0.610. The summed E-state index contributed by atoms with van der Waals surface area (Å²) in [6, 6.07) is 0. The third kappa shape index (κ3) is 4.28.